The molecule has 2 aliphatic heterocycles. The second kappa shape index (κ2) is 7.33. The number of hydrogen-bond donors (Lipinski definition) is 0. The predicted molar refractivity (Wildman–Crippen MR) is 89.8 cm³/mol. The van der Waals surface area contributed by atoms with Crippen molar-refractivity contribution in [3.63, 3.8) is 0 Å². The molecule has 4 rings (SSSR count). The maximum atomic E-state index is 12.9. The molecule has 1 amide bonds. The van der Waals surface area contributed by atoms with Gasteiger partial charge < -0.3 is 14.4 Å². The van der Waals surface area contributed by atoms with Crippen molar-refractivity contribution in [3.05, 3.63) is 48.0 Å². The Morgan fingerprint density at radius 1 is 1.16 bits per heavy atom. The van der Waals surface area contributed by atoms with Crippen LogP contribution in [0, 0.1) is 5.92 Å². The number of rotatable bonds is 4. The molecule has 2 atom stereocenters. The van der Waals surface area contributed by atoms with Crippen LogP contribution in [-0.2, 0) is 20.8 Å². The Hall–Kier alpha value is -2.25. The molecular formula is C18H22N4O3. The highest BCUT2D eigenvalue weighted by molar-refractivity contribution is 5.79. The largest absolute Gasteiger partial charge is 0.381 e. The molecule has 0 saturated carbocycles. The standard InChI is InChI=1S/C18H22N4O3/c23-18(15-6-8-24-11-15)21-7-9-25-12-16(21)17-19-13-20-22(17)10-14-4-2-1-3-5-14/h1-5,13,15-16H,6-12H2/t15-,16-/m0/s1. The monoisotopic (exact) mass is 342 g/mol. The number of carbonyl (C=O) groups is 1. The van der Waals surface area contributed by atoms with Crippen LogP contribution < -0.4 is 0 Å². The normalized spacial score (nSPS) is 23.8. The van der Waals surface area contributed by atoms with Crippen molar-refractivity contribution < 1.29 is 14.3 Å². The van der Waals surface area contributed by atoms with E-state index in [0.717, 1.165) is 17.8 Å². The summed E-state index contributed by atoms with van der Waals surface area (Å²) in [6, 6.07) is 9.92. The highest BCUT2D eigenvalue weighted by Gasteiger charge is 2.36. The number of ether oxygens (including phenoxy) is 2. The average molecular weight is 342 g/mol. The summed E-state index contributed by atoms with van der Waals surface area (Å²) >= 11 is 0. The van der Waals surface area contributed by atoms with Crippen LogP contribution in [0.25, 0.3) is 0 Å². The van der Waals surface area contributed by atoms with Gasteiger partial charge in [-0.05, 0) is 12.0 Å². The summed E-state index contributed by atoms with van der Waals surface area (Å²) in [4.78, 5) is 19.2. The Morgan fingerprint density at radius 2 is 2.00 bits per heavy atom. The molecule has 132 valence electrons. The van der Waals surface area contributed by atoms with E-state index in [1.54, 1.807) is 6.33 Å². The minimum absolute atomic E-state index is 0.0499. The Labute approximate surface area is 146 Å². The first-order chi connectivity index (χ1) is 12.3. The Balaban J connectivity index is 1.56. The average Bonchev–Trinajstić information content (AvgIpc) is 3.34. The highest BCUT2D eigenvalue weighted by atomic mass is 16.5. The molecule has 1 aromatic carbocycles. The zero-order valence-electron chi connectivity index (χ0n) is 14.1. The minimum atomic E-state index is -0.201. The summed E-state index contributed by atoms with van der Waals surface area (Å²) in [5.74, 6) is 0.863. The second-order valence-corrected chi connectivity index (χ2v) is 6.44. The van der Waals surface area contributed by atoms with Gasteiger partial charge in [0.1, 0.15) is 12.4 Å². The lowest BCUT2D eigenvalue weighted by Gasteiger charge is -2.36. The fourth-order valence-corrected chi connectivity index (χ4v) is 3.45. The third-order valence-corrected chi connectivity index (χ3v) is 4.81. The van der Waals surface area contributed by atoms with Crippen molar-refractivity contribution >= 4 is 5.91 Å². The van der Waals surface area contributed by atoms with Gasteiger partial charge in [0.05, 0.1) is 32.3 Å². The van der Waals surface area contributed by atoms with Crippen LogP contribution in [0.2, 0.25) is 0 Å². The zero-order valence-corrected chi connectivity index (χ0v) is 14.1. The number of nitrogens with zero attached hydrogens (tertiary/aromatic N) is 4. The molecule has 2 fully saturated rings. The molecule has 7 heteroatoms. The Bertz CT molecular complexity index is 712. The molecule has 0 bridgehead atoms. The van der Waals surface area contributed by atoms with Gasteiger partial charge in [-0.25, -0.2) is 9.67 Å². The third-order valence-electron chi connectivity index (χ3n) is 4.81. The molecule has 0 unspecified atom stereocenters. The maximum absolute atomic E-state index is 12.9. The van der Waals surface area contributed by atoms with Crippen molar-refractivity contribution in [1.82, 2.24) is 19.7 Å². The SMILES string of the molecule is O=C([C@H]1CCOC1)N1CCOC[C@H]1c1ncnn1Cc1ccccc1. The van der Waals surface area contributed by atoms with Gasteiger partial charge in [0.25, 0.3) is 0 Å². The number of morpholine rings is 1. The first kappa shape index (κ1) is 16.2. The van der Waals surface area contributed by atoms with Crippen LogP contribution in [0.5, 0.6) is 0 Å². The lowest BCUT2D eigenvalue weighted by molar-refractivity contribution is -0.145. The van der Waals surface area contributed by atoms with E-state index in [2.05, 4.69) is 22.2 Å². The van der Waals surface area contributed by atoms with Crippen LogP contribution >= 0.6 is 0 Å². The van der Waals surface area contributed by atoms with Crippen LogP contribution in [0.3, 0.4) is 0 Å². The van der Waals surface area contributed by atoms with Crippen LogP contribution in [0.15, 0.2) is 36.7 Å². The summed E-state index contributed by atoms with van der Waals surface area (Å²) in [5.41, 5.74) is 1.15. The molecule has 2 aliphatic rings. The van der Waals surface area contributed by atoms with Gasteiger partial charge in [0.2, 0.25) is 5.91 Å². The number of benzene rings is 1. The predicted octanol–water partition coefficient (Wildman–Crippen LogP) is 1.26. The maximum Gasteiger partial charge on any atom is 0.228 e. The van der Waals surface area contributed by atoms with E-state index in [0.29, 0.717) is 39.5 Å². The van der Waals surface area contributed by atoms with Gasteiger partial charge in [0.15, 0.2) is 5.82 Å². The van der Waals surface area contributed by atoms with Crippen LogP contribution in [0.1, 0.15) is 23.9 Å². The van der Waals surface area contributed by atoms with Gasteiger partial charge in [-0.1, -0.05) is 30.3 Å². The molecule has 0 N–H and O–H groups in total. The molecule has 1 aromatic heterocycles. The quantitative estimate of drug-likeness (QED) is 0.837. The first-order valence-electron chi connectivity index (χ1n) is 8.70. The second-order valence-electron chi connectivity index (χ2n) is 6.44. The first-order valence-corrected chi connectivity index (χ1v) is 8.70. The number of carbonyl (C=O) groups excluding carboxylic acids is 1. The van der Waals surface area contributed by atoms with Gasteiger partial charge in [0, 0.05) is 13.2 Å². The summed E-state index contributed by atoms with van der Waals surface area (Å²) < 4.78 is 12.9. The van der Waals surface area contributed by atoms with Gasteiger partial charge in [-0.3, -0.25) is 4.79 Å². The molecule has 2 saturated heterocycles. The van der Waals surface area contributed by atoms with Crippen LogP contribution in [0.4, 0.5) is 0 Å². The third kappa shape index (κ3) is 3.43. The van der Waals surface area contributed by atoms with E-state index in [1.165, 1.54) is 0 Å². The Kier molecular flexibility index (Phi) is 4.76. The van der Waals surface area contributed by atoms with Crippen molar-refractivity contribution in [1.29, 1.82) is 0 Å². The molecule has 0 aliphatic carbocycles. The van der Waals surface area contributed by atoms with Crippen LogP contribution in [-0.4, -0.2) is 58.5 Å². The highest BCUT2D eigenvalue weighted by Crippen LogP contribution is 2.27. The Morgan fingerprint density at radius 3 is 2.80 bits per heavy atom. The number of amides is 1. The van der Waals surface area contributed by atoms with E-state index in [9.17, 15) is 4.79 Å². The summed E-state index contributed by atoms with van der Waals surface area (Å²) in [5, 5.41) is 4.37. The van der Waals surface area contributed by atoms with E-state index in [-0.39, 0.29) is 17.9 Å². The lowest BCUT2D eigenvalue weighted by atomic mass is 10.1. The molecule has 25 heavy (non-hydrogen) atoms. The summed E-state index contributed by atoms with van der Waals surface area (Å²) in [7, 11) is 0. The minimum Gasteiger partial charge on any atom is -0.381 e. The fraction of sp³-hybridized carbons (Fsp3) is 0.500. The zero-order chi connectivity index (χ0) is 17.1. The summed E-state index contributed by atoms with van der Waals surface area (Å²) in [6.45, 7) is 3.39. The van der Waals surface area contributed by atoms with Gasteiger partial charge >= 0.3 is 0 Å². The van der Waals surface area contributed by atoms with Crippen molar-refractivity contribution in [2.24, 2.45) is 5.92 Å². The van der Waals surface area contributed by atoms with Crippen molar-refractivity contribution in [2.45, 2.75) is 19.0 Å². The molecule has 7 nitrogen and oxygen atoms in total. The van der Waals surface area contributed by atoms with Crippen molar-refractivity contribution in [2.75, 3.05) is 33.0 Å². The summed E-state index contributed by atoms with van der Waals surface area (Å²) in [6.07, 6.45) is 2.34. The molecule has 0 spiro atoms. The van der Waals surface area contributed by atoms with E-state index >= 15 is 0 Å². The smallest absolute Gasteiger partial charge is 0.228 e. The molecule has 2 aromatic rings. The molecular weight excluding hydrogens is 320 g/mol. The topological polar surface area (TPSA) is 69.5 Å². The van der Waals surface area contributed by atoms with Crippen molar-refractivity contribution in [3.8, 4) is 0 Å². The van der Waals surface area contributed by atoms with E-state index in [1.807, 2.05) is 27.8 Å². The van der Waals surface area contributed by atoms with E-state index < -0.39 is 0 Å². The van der Waals surface area contributed by atoms with E-state index in [4.69, 9.17) is 9.47 Å². The van der Waals surface area contributed by atoms with Gasteiger partial charge in [-0.15, -0.1) is 0 Å². The van der Waals surface area contributed by atoms with Gasteiger partial charge in [-0.2, -0.15) is 5.10 Å². The number of hydrogen-bond acceptors (Lipinski definition) is 5. The molecule has 0 radical (unpaired) electrons. The molecule has 3 heterocycles. The number of aromatic nitrogens is 3. The lowest BCUT2D eigenvalue weighted by Crippen LogP contribution is -2.47. The fourth-order valence-electron chi connectivity index (χ4n) is 3.45.